The number of nitrogens with zero attached hydrogens (tertiary/aromatic N) is 3. The van der Waals surface area contributed by atoms with E-state index in [1.165, 1.54) is 29.4 Å². The lowest BCUT2D eigenvalue weighted by molar-refractivity contribution is -0.0889. The zero-order chi connectivity index (χ0) is 22.8. The maximum atomic E-state index is 13.3. The lowest BCUT2D eigenvalue weighted by atomic mass is 9.89. The van der Waals surface area contributed by atoms with E-state index in [0.29, 0.717) is 12.8 Å². The molecule has 11 heteroatoms. The van der Waals surface area contributed by atoms with Gasteiger partial charge in [0.2, 0.25) is 10.0 Å². The molecular weight excluding hydrogens is 455 g/mol. The normalized spacial score (nSPS) is 17.8. The number of halogens is 4. The molecule has 1 aliphatic rings. The summed E-state index contributed by atoms with van der Waals surface area (Å²) in [5.41, 5.74) is -0.784. The minimum atomic E-state index is -4.55. The summed E-state index contributed by atoms with van der Waals surface area (Å²) in [6.07, 6.45) is 3.88. The molecule has 0 saturated carbocycles. The molecule has 1 fully saturated rings. The van der Waals surface area contributed by atoms with E-state index in [0.717, 1.165) is 6.08 Å². The van der Waals surface area contributed by atoms with Crippen LogP contribution in [0.1, 0.15) is 26.2 Å². The van der Waals surface area contributed by atoms with Crippen molar-refractivity contribution in [3.8, 4) is 12.3 Å². The van der Waals surface area contributed by atoms with Gasteiger partial charge in [-0.05, 0) is 54.6 Å². The number of benzene rings is 1. The Morgan fingerprint density at radius 1 is 1.32 bits per heavy atom. The summed E-state index contributed by atoms with van der Waals surface area (Å²) in [4.78, 5) is -0.0803. The molecule has 0 N–H and O–H groups in total. The SMILES string of the molecule is C#C/C(CC1CCN(S(=O)(=O)c2ccc(Cl)c3nonc23)CC1)=C(\C=C/C)C(F)(F)F. The summed E-state index contributed by atoms with van der Waals surface area (Å²) in [5, 5.41) is 7.48. The number of allylic oxidation sites excluding steroid dienone is 4. The first-order chi connectivity index (χ1) is 14.6. The van der Waals surface area contributed by atoms with Crippen LogP contribution < -0.4 is 0 Å². The minimum Gasteiger partial charge on any atom is -0.243 e. The van der Waals surface area contributed by atoms with Gasteiger partial charge in [-0.3, -0.25) is 0 Å². The molecule has 1 saturated heterocycles. The fraction of sp³-hybridized carbons (Fsp3) is 0.400. The maximum Gasteiger partial charge on any atom is 0.417 e. The molecule has 166 valence electrons. The Bertz CT molecular complexity index is 1170. The fourth-order valence-corrected chi connectivity index (χ4v) is 5.36. The fourth-order valence-electron chi connectivity index (χ4n) is 3.58. The third kappa shape index (κ3) is 4.79. The van der Waals surface area contributed by atoms with E-state index in [1.807, 2.05) is 0 Å². The van der Waals surface area contributed by atoms with Crippen molar-refractivity contribution in [2.45, 2.75) is 37.3 Å². The Morgan fingerprint density at radius 2 is 1.97 bits per heavy atom. The molecular formula is C20H19ClF3N3O3S. The van der Waals surface area contributed by atoms with Gasteiger partial charge in [-0.25, -0.2) is 13.0 Å². The topological polar surface area (TPSA) is 76.3 Å². The summed E-state index contributed by atoms with van der Waals surface area (Å²) in [7, 11) is -3.91. The quantitative estimate of drug-likeness (QED) is 0.463. The van der Waals surface area contributed by atoms with Crippen molar-refractivity contribution in [1.82, 2.24) is 14.6 Å². The van der Waals surface area contributed by atoms with Crippen LogP contribution in [0.3, 0.4) is 0 Å². The molecule has 0 atom stereocenters. The third-order valence-corrected chi connectivity index (χ3v) is 7.39. The molecule has 3 rings (SSSR count). The van der Waals surface area contributed by atoms with Crippen LogP contribution in [0.15, 0.2) is 45.0 Å². The first-order valence-corrected chi connectivity index (χ1v) is 11.2. The number of aromatic nitrogens is 2. The van der Waals surface area contributed by atoms with E-state index in [9.17, 15) is 21.6 Å². The average molecular weight is 474 g/mol. The Morgan fingerprint density at radius 3 is 2.55 bits per heavy atom. The van der Waals surface area contributed by atoms with Crippen LogP contribution in [0.4, 0.5) is 13.2 Å². The molecule has 1 aromatic carbocycles. The minimum absolute atomic E-state index is 0.0355. The van der Waals surface area contributed by atoms with Crippen molar-refractivity contribution in [3.63, 3.8) is 0 Å². The average Bonchev–Trinajstić information content (AvgIpc) is 3.21. The van der Waals surface area contributed by atoms with Crippen molar-refractivity contribution in [2.24, 2.45) is 5.92 Å². The highest BCUT2D eigenvalue weighted by atomic mass is 35.5. The highest BCUT2D eigenvalue weighted by Crippen LogP contribution is 2.35. The molecule has 31 heavy (non-hydrogen) atoms. The number of hydrogen-bond donors (Lipinski definition) is 0. The molecule has 0 aliphatic carbocycles. The van der Waals surface area contributed by atoms with Crippen LogP contribution in [0.2, 0.25) is 5.02 Å². The summed E-state index contributed by atoms with van der Waals surface area (Å²) in [5.74, 6) is 2.00. The smallest absolute Gasteiger partial charge is 0.243 e. The third-order valence-electron chi connectivity index (χ3n) is 5.15. The van der Waals surface area contributed by atoms with Crippen LogP contribution >= 0.6 is 11.6 Å². The van der Waals surface area contributed by atoms with Crippen LogP contribution in [-0.4, -0.2) is 42.3 Å². The van der Waals surface area contributed by atoms with Gasteiger partial charge in [-0.2, -0.15) is 17.5 Å². The van der Waals surface area contributed by atoms with E-state index < -0.39 is 21.8 Å². The molecule has 1 aliphatic heterocycles. The molecule has 0 amide bonds. The lowest BCUT2D eigenvalue weighted by Gasteiger charge is -2.31. The van der Waals surface area contributed by atoms with Gasteiger partial charge >= 0.3 is 6.18 Å². The molecule has 0 bridgehead atoms. The van der Waals surface area contributed by atoms with E-state index in [-0.39, 0.29) is 52.0 Å². The molecule has 6 nitrogen and oxygen atoms in total. The van der Waals surface area contributed by atoms with Crippen LogP contribution in [-0.2, 0) is 10.0 Å². The Kier molecular flexibility index (Phi) is 6.79. The number of hydrogen-bond acceptors (Lipinski definition) is 5. The van der Waals surface area contributed by atoms with Crippen molar-refractivity contribution < 1.29 is 26.2 Å². The van der Waals surface area contributed by atoms with E-state index in [2.05, 4.69) is 20.9 Å². The van der Waals surface area contributed by atoms with E-state index >= 15 is 0 Å². The van der Waals surface area contributed by atoms with Gasteiger partial charge in [-0.15, -0.1) is 6.42 Å². The number of sulfonamides is 1. The number of terminal acetylenes is 1. The Labute approximate surface area is 182 Å². The van der Waals surface area contributed by atoms with Gasteiger partial charge in [0.15, 0.2) is 11.0 Å². The van der Waals surface area contributed by atoms with E-state index in [1.54, 1.807) is 0 Å². The molecule has 0 radical (unpaired) electrons. The van der Waals surface area contributed by atoms with Gasteiger partial charge in [0.1, 0.15) is 4.90 Å². The number of fused-ring (bicyclic) bond motifs is 1. The molecule has 2 aromatic rings. The van der Waals surface area contributed by atoms with E-state index in [4.69, 9.17) is 18.0 Å². The summed E-state index contributed by atoms with van der Waals surface area (Å²) in [6, 6.07) is 2.74. The van der Waals surface area contributed by atoms with Crippen LogP contribution in [0.25, 0.3) is 11.0 Å². The van der Waals surface area contributed by atoms with Crippen molar-refractivity contribution in [1.29, 1.82) is 0 Å². The van der Waals surface area contributed by atoms with Crippen LogP contribution in [0, 0.1) is 18.3 Å². The van der Waals surface area contributed by atoms with Gasteiger partial charge < -0.3 is 0 Å². The van der Waals surface area contributed by atoms with Crippen LogP contribution in [0.5, 0.6) is 0 Å². The molecule has 0 unspecified atom stereocenters. The first-order valence-electron chi connectivity index (χ1n) is 9.40. The highest BCUT2D eigenvalue weighted by molar-refractivity contribution is 7.89. The predicted octanol–water partition coefficient (Wildman–Crippen LogP) is 4.74. The number of rotatable bonds is 5. The van der Waals surface area contributed by atoms with Crippen molar-refractivity contribution in [2.75, 3.05) is 13.1 Å². The number of piperidine rings is 1. The van der Waals surface area contributed by atoms with Crippen molar-refractivity contribution >= 4 is 32.7 Å². The largest absolute Gasteiger partial charge is 0.417 e. The Balaban J connectivity index is 1.78. The second-order valence-electron chi connectivity index (χ2n) is 7.09. The molecule has 0 spiro atoms. The zero-order valence-corrected chi connectivity index (χ0v) is 18.1. The van der Waals surface area contributed by atoms with Gasteiger partial charge in [-0.1, -0.05) is 29.7 Å². The number of alkyl halides is 3. The molecule has 1 aromatic heterocycles. The standard InChI is InChI=1S/C20H19ClF3N3O3S/c1-3-5-15(20(22,23)24)14(4-2)12-13-8-10-27(11-9-13)31(28,29)17-7-6-16(21)18-19(17)26-30-25-18/h2-3,5-7,13H,8-12H2,1H3/b5-3-,15-14-. The maximum absolute atomic E-state index is 13.3. The first kappa shape index (κ1) is 23.3. The van der Waals surface area contributed by atoms with Gasteiger partial charge in [0.25, 0.3) is 0 Å². The monoisotopic (exact) mass is 473 g/mol. The second kappa shape index (κ2) is 9.02. The highest BCUT2D eigenvalue weighted by Gasteiger charge is 2.36. The predicted molar refractivity (Wildman–Crippen MR) is 110 cm³/mol. The lowest BCUT2D eigenvalue weighted by Crippen LogP contribution is -2.38. The zero-order valence-electron chi connectivity index (χ0n) is 16.5. The summed E-state index contributed by atoms with van der Waals surface area (Å²) < 4.78 is 72.0. The van der Waals surface area contributed by atoms with Crippen molar-refractivity contribution in [3.05, 3.63) is 40.5 Å². The Hall–Kier alpha value is -2.35. The summed E-state index contributed by atoms with van der Waals surface area (Å²) in [6.45, 7) is 1.78. The van der Waals surface area contributed by atoms with Gasteiger partial charge in [0, 0.05) is 18.7 Å². The molecule has 2 heterocycles. The van der Waals surface area contributed by atoms with Gasteiger partial charge in [0.05, 0.1) is 10.6 Å². The second-order valence-corrected chi connectivity index (χ2v) is 9.41. The summed E-state index contributed by atoms with van der Waals surface area (Å²) >= 11 is 5.99.